The third-order valence-corrected chi connectivity index (χ3v) is 7.59. The first kappa shape index (κ1) is 26.4. The number of amides is 1. The predicted octanol–water partition coefficient (Wildman–Crippen LogP) is 4.08. The van der Waals surface area contributed by atoms with E-state index in [1.165, 1.54) is 12.1 Å². The van der Waals surface area contributed by atoms with Crippen LogP contribution >= 0.6 is 0 Å². The summed E-state index contributed by atoms with van der Waals surface area (Å²) in [7, 11) is -4.13. The minimum absolute atomic E-state index is 0.00389. The van der Waals surface area contributed by atoms with Crippen LogP contribution in [-0.4, -0.2) is 41.2 Å². The van der Waals surface area contributed by atoms with E-state index in [4.69, 9.17) is 0 Å². The zero-order chi connectivity index (χ0) is 27.0. The van der Waals surface area contributed by atoms with Crippen molar-refractivity contribution in [1.82, 2.24) is 19.6 Å². The number of hydrogen-bond donors (Lipinski definition) is 1. The highest BCUT2D eigenvalue weighted by Crippen LogP contribution is 2.30. The number of halogens is 5. The fourth-order valence-electron chi connectivity index (χ4n) is 3.82. The van der Waals surface area contributed by atoms with Crippen LogP contribution in [0.5, 0.6) is 0 Å². The van der Waals surface area contributed by atoms with Gasteiger partial charge in [-0.3, -0.25) is 9.78 Å². The van der Waals surface area contributed by atoms with Gasteiger partial charge >= 0.3 is 6.18 Å². The molecule has 0 unspecified atom stereocenters. The minimum Gasteiger partial charge on any atom is -0.350 e. The van der Waals surface area contributed by atoms with Gasteiger partial charge < -0.3 is 5.32 Å². The van der Waals surface area contributed by atoms with Crippen molar-refractivity contribution in [3.8, 4) is 11.3 Å². The van der Waals surface area contributed by atoms with E-state index < -0.39 is 45.5 Å². The van der Waals surface area contributed by atoms with Crippen LogP contribution in [0.2, 0.25) is 0 Å². The summed E-state index contributed by atoms with van der Waals surface area (Å²) in [4.78, 5) is 19.7. The van der Waals surface area contributed by atoms with Crippen molar-refractivity contribution in [2.45, 2.75) is 30.1 Å². The van der Waals surface area contributed by atoms with Crippen molar-refractivity contribution in [3.05, 3.63) is 89.9 Å². The Labute approximate surface area is 208 Å². The van der Waals surface area contributed by atoms with Crippen molar-refractivity contribution < 1.29 is 35.2 Å². The van der Waals surface area contributed by atoms with E-state index in [1.54, 1.807) is 0 Å². The number of carbonyl (C=O) groups is 1. The quantitative estimate of drug-likeness (QED) is 0.377. The Hall–Kier alpha value is -3.71. The van der Waals surface area contributed by atoms with Gasteiger partial charge in [0, 0.05) is 18.7 Å². The molecule has 1 N–H and O–H groups in total. The maximum absolute atomic E-state index is 14.4. The van der Waals surface area contributed by atoms with Crippen LogP contribution in [0.4, 0.5) is 22.0 Å². The summed E-state index contributed by atoms with van der Waals surface area (Å²) in [5, 5.41) is 2.59. The molecule has 1 aliphatic heterocycles. The third kappa shape index (κ3) is 5.52. The lowest BCUT2D eigenvalue weighted by Crippen LogP contribution is -2.46. The fraction of sp³-hybridized carbons (Fsp3) is 0.208. The average Bonchev–Trinajstić information content (AvgIpc) is 3.25. The van der Waals surface area contributed by atoms with E-state index in [0.29, 0.717) is 17.3 Å². The van der Waals surface area contributed by atoms with Gasteiger partial charge in [0.05, 0.1) is 23.0 Å². The second-order valence-corrected chi connectivity index (χ2v) is 10.1. The molecule has 3 aromatic rings. The molecule has 1 amide bonds. The minimum atomic E-state index is -4.70. The summed E-state index contributed by atoms with van der Waals surface area (Å²) in [5.41, 5.74) is -0.749. The first-order valence-corrected chi connectivity index (χ1v) is 12.2. The summed E-state index contributed by atoms with van der Waals surface area (Å²) in [6.07, 6.45) is -3.17. The number of hydrogen-bond acceptors (Lipinski definition) is 5. The predicted molar refractivity (Wildman–Crippen MR) is 122 cm³/mol. The van der Waals surface area contributed by atoms with E-state index in [1.807, 2.05) is 0 Å². The van der Waals surface area contributed by atoms with Gasteiger partial charge in [0.15, 0.2) is 5.69 Å². The molecule has 4 rings (SSSR count). The Morgan fingerprint density at radius 3 is 2.41 bits per heavy atom. The third-order valence-electron chi connectivity index (χ3n) is 5.71. The molecule has 7 nitrogen and oxygen atoms in total. The molecule has 2 aromatic carbocycles. The molecule has 1 saturated heterocycles. The van der Waals surface area contributed by atoms with Gasteiger partial charge in [-0.25, -0.2) is 22.2 Å². The molecule has 0 saturated carbocycles. The van der Waals surface area contributed by atoms with E-state index in [2.05, 4.69) is 21.9 Å². The van der Waals surface area contributed by atoms with E-state index >= 15 is 0 Å². The summed E-state index contributed by atoms with van der Waals surface area (Å²) < 4.78 is 92.9. The number of nitrogens with zero attached hydrogens (tertiary/aromatic N) is 3. The largest absolute Gasteiger partial charge is 0.434 e. The highest BCUT2D eigenvalue weighted by molar-refractivity contribution is 7.89. The highest BCUT2D eigenvalue weighted by Gasteiger charge is 2.41. The maximum Gasteiger partial charge on any atom is 0.434 e. The van der Waals surface area contributed by atoms with E-state index in [9.17, 15) is 35.2 Å². The summed E-state index contributed by atoms with van der Waals surface area (Å²) in [5.74, 6) is -2.04. The van der Waals surface area contributed by atoms with Crippen molar-refractivity contribution in [3.63, 3.8) is 0 Å². The van der Waals surface area contributed by atoms with Crippen molar-refractivity contribution in [2.75, 3.05) is 6.54 Å². The zero-order valence-corrected chi connectivity index (χ0v) is 19.8. The zero-order valence-electron chi connectivity index (χ0n) is 19.0. The van der Waals surface area contributed by atoms with E-state index in [0.717, 1.165) is 40.8 Å². The smallest absolute Gasteiger partial charge is 0.350 e. The van der Waals surface area contributed by atoms with Crippen LogP contribution in [0, 0.1) is 11.6 Å². The number of carbonyl (C=O) groups excluding carboxylic acids is 1. The molecule has 1 atom stereocenters. The molecule has 13 heteroatoms. The molecular formula is C24H19F5N4O3S. The molecule has 0 bridgehead atoms. The molecule has 0 spiro atoms. The summed E-state index contributed by atoms with van der Waals surface area (Å²) >= 11 is 0. The highest BCUT2D eigenvalue weighted by atomic mass is 32.2. The van der Waals surface area contributed by atoms with Gasteiger partial charge in [-0.15, -0.1) is 0 Å². The van der Waals surface area contributed by atoms with Gasteiger partial charge in [-0.05, 0) is 54.0 Å². The molecule has 1 aromatic heterocycles. The molecule has 0 radical (unpaired) electrons. The van der Waals surface area contributed by atoms with Crippen LogP contribution in [-0.2, 0) is 27.5 Å². The molecule has 194 valence electrons. The van der Waals surface area contributed by atoms with Crippen LogP contribution < -0.4 is 5.32 Å². The summed E-state index contributed by atoms with van der Waals surface area (Å²) in [6, 6.07) is 6.71. The van der Waals surface area contributed by atoms with Crippen LogP contribution in [0.15, 0.2) is 71.9 Å². The van der Waals surface area contributed by atoms with Gasteiger partial charge in [-0.1, -0.05) is 12.6 Å². The molecule has 0 aliphatic carbocycles. The van der Waals surface area contributed by atoms with Crippen molar-refractivity contribution >= 4 is 15.9 Å². The molecular weight excluding hydrogens is 519 g/mol. The Morgan fingerprint density at radius 2 is 1.78 bits per heavy atom. The van der Waals surface area contributed by atoms with Crippen LogP contribution in [0.25, 0.3) is 11.3 Å². The topological polar surface area (TPSA) is 92.3 Å². The maximum atomic E-state index is 14.4. The lowest BCUT2D eigenvalue weighted by atomic mass is 10.1. The van der Waals surface area contributed by atoms with Crippen LogP contribution in [0.3, 0.4) is 0 Å². The summed E-state index contributed by atoms with van der Waals surface area (Å²) in [6.45, 7) is 3.66. The van der Waals surface area contributed by atoms with Crippen LogP contribution in [0.1, 0.15) is 17.7 Å². The standard InChI is InChI=1S/C24H19F5N4O3S/c1-14-8-9-33(37(35,36)17-5-3-16(25)4-6-17)22(14)23(34)32-11-15-2-7-19(26)18(10-15)20-12-31-21(13-30-20)24(27,28)29/h2-7,10,12-13,22H,1,8-9,11H2,(H,32,34)/t22-/m0/s1. The fourth-order valence-corrected chi connectivity index (χ4v) is 5.42. The van der Waals surface area contributed by atoms with Crippen molar-refractivity contribution in [2.24, 2.45) is 0 Å². The Kier molecular flexibility index (Phi) is 7.11. The van der Waals surface area contributed by atoms with Gasteiger partial charge in [0.1, 0.15) is 17.7 Å². The van der Waals surface area contributed by atoms with Gasteiger partial charge in [0.2, 0.25) is 15.9 Å². The molecule has 1 fully saturated rings. The first-order valence-electron chi connectivity index (χ1n) is 10.8. The second-order valence-electron chi connectivity index (χ2n) is 8.20. The Morgan fingerprint density at radius 1 is 1.08 bits per heavy atom. The van der Waals surface area contributed by atoms with E-state index in [-0.39, 0.29) is 35.7 Å². The normalized spacial score (nSPS) is 16.7. The number of benzene rings is 2. The Balaban J connectivity index is 1.51. The lowest BCUT2D eigenvalue weighted by molar-refractivity contribution is -0.141. The number of sulfonamides is 1. The number of rotatable bonds is 6. The van der Waals surface area contributed by atoms with Crippen molar-refractivity contribution in [1.29, 1.82) is 0 Å². The van der Waals surface area contributed by atoms with Gasteiger partial charge in [-0.2, -0.15) is 17.5 Å². The number of nitrogens with one attached hydrogen (secondary N) is 1. The number of alkyl halides is 3. The second kappa shape index (κ2) is 9.98. The van der Waals surface area contributed by atoms with Gasteiger partial charge in [0.25, 0.3) is 0 Å². The molecule has 1 aliphatic rings. The first-order chi connectivity index (χ1) is 17.4. The monoisotopic (exact) mass is 538 g/mol. The SMILES string of the molecule is C=C1CCN(S(=O)(=O)c2ccc(F)cc2)[C@@H]1C(=O)NCc1ccc(F)c(-c2cnc(C(F)(F)F)cn2)c1. The Bertz CT molecular complexity index is 1440. The number of aromatic nitrogens is 2. The molecule has 2 heterocycles. The molecule has 37 heavy (non-hydrogen) atoms. The average molecular weight is 538 g/mol. The lowest BCUT2D eigenvalue weighted by Gasteiger charge is -2.24.